The summed E-state index contributed by atoms with van der Waals surface area (Å²) in [5.74, 6) is 1.91. The first-order chi connectivity index (χ1) is 10.8. The van der Waals surface area contributed by atoms with Gasteiger partial charge in [-0.1, -0.05) is 24.3 Å². The molecule has 112 valence electrons. The Kier molecular flexibility index (Phi) is 4.05. The van der Waals surface area contributed by atoms with E-state index in [-0.39, 0.29) is 0 Å². The van der Waals surface area contributed by atoms with Crippen molar-refractivity contribution in [2.75, 3.05) is 24.7 Å². The first kappa shape index (κ1) is 14.1. The molecule has 22 heavy (non-hydrogen) atoms. The summed E-state index contributed by atoms with van der Waals surface area (Å²) in [5, 5.41) is 4.10. The number of nitrogens with two attached hydrogens (primary N) is 1. The molecule has 5 nitrogen and oxygen atoms in total. The Balaban J connectivity index is 1.68. The first-order valence-corrected chi connectivity index (χ1v) is 7.15. The van der Waals surface area contributed by atoms with Gasteiger partial charge in [-0.15, -0.1) is 0 Å². The molecule has 1 heterocycles. The first-order valence-electron chi connectivity index (χ1n) is 7.15. The van der Waals surface area contributed by atoms with Crippen molar-refractivity contribution < 1.29 is 4.74 Å². The zero-order valence-electron chi connectivity index (χ0n) is 12.4. The number of hydrogen-bond acceptors (Lipinski definition) is 5. The van der Waals surface area contributed by atoms with Gasteiger partial charge in [0.15, 0.2) is 0 Å². The van der Waals surface area contributed by atoms with Crippen LogP contribution in [0.25, 0.3) is 10.9 Å². The highest BCUT2D eigenvalue weighted by Gasteiger charge is 2.04. The van der Waals surface area contributed by atoms with Crippen LogP contribution in [0.15, 0.2) is 48.5 Å². The predicted octanol–water partition coefficient (Wildman–Crippen LogP) is 2.88. The number of methoxy groups -OCH3 is 1. The second kappa shape index (κ2) is 6.30. The molecule has 0 aliphatic carbocycles. The quantitative estimate of drug-likeness (QED) is 0.757. The summed E-state index contributed by atoms with van der Waals surface area (Å²) in [5.41, 5.74) is 8.01. The Bertz CT molecular complexity index is 788. The van der Waals surface area contributed by atoms with E-state index in [1.165, 1.54) is 5.56 Å². The number of benzene rings is 2. The highest BCUT2D eigenvalue weighted by Crippen LogP contribution is 2.19. The summed E-state index contributed by atoms with van der Waals surface area (Å²) in [6.07, 6.45) is 0.854. The number of para-hydroxylation sites is 1. The van der Waals surface area contributed by atoms with Crippen molar-refractivity contribution in [2.45, 2.75) is 6.42 Å². The van der Waals surface area contributed by atoms with Crippen LogP contribution in [0.5, 0.6) is 5.75 Å². The van der Waals surface area contributed by atoms with Crippen molar-refractivity contribution in [1.82, 2.24) is 9.97 Å². The van der Waals surface area contributed by atoms with Crippen molar-refractivity contribution >= 4 is 22.7 Å². The number of aromatic nitrogens is 2. The molecule has 5 heteroatoms. The Hall–Kier alpha value is -2.82. The van der Waals surface area contributed by atoms with E-state index in [0.717, 1.165) is 29.6 Å². The SMILES string of the molecule is COc1cccc(CCNc2nc(N)c3ccccc3n2)c1. The molecule has 0 spiro atoms. The Morgan fingerprint density at radius 2 is 1.95 bits per heavy atom. The molecule has 0 saturated carbocycles. The third kappa shape index (κ3) is 3.09. The van der Waals surface area contributed by atoms with Gasteiger partial charge in [0.2, 0.25) is 5.95 Å². The molecular weight excluding hydrogens is 276 g/mol. The monoisotopic (exact) mass is 294 g/mol. The van der Waals surface area contributed by atoms with Crippen molar-refractivity contribution in [3.63, 3.8) is 0 Å². The number of rotatable bonds is 5. The van der Waals surface area contributed by atoms with Crippen LogP contribution in [0.4, 0.5) is 11.8 Å². The van der Waals surface area contributed by atoms with Gasteiger partial charge in [-0.3, -0.25) is 0 Å². The average molecular weight is 294 g/mol. The van der Waals surface area contributed by atoms with Gasteiger partial charge in [-0.25, -0.2) is 4.98 Å². The average Bonchev–Trinajstić information content (AvgIpc) is 2.55. The minimum absolute atomic E-state index is 0.495. The standard InChI is InChI=1S/C17H18N4O/c1-22-13-6-4-5-12(11-13)9-10-19-17-20-15-8-3-2-7-14(15)16(18)21-17/h2-8,11H,9-10H2,1H3,(H3,18,19,20,21). The topological polar surface area (TPSA) is 73.1 Å². The number of nitrogens with one attached hydrogen (secondary N) is 1. The van der Waals surface area contributed by atoms with E-state index in [1.807, 2.05) is 42.5 Å². The summed E-state index contributed by atoms with van der Waals surface area (Å²) in [6.45, 7) is 0.727. The lowest BCUT2D eigenvalue weighted by Gasteiger charge is -2.08. The van der Waals surface area contributed by atoms with Crippen LogP contribution in [0, 0.1) is 0 Å². The Morgan fingerprint density at radius 1 is 1.09 bits per heavy atom. The molecule has 0 saturated heterocycles. The van der Waals surface area contributed by atoms with Crippen molar-refractivity contribution in [3.8, 4) is 5.75 Å². The Labute approximate surface area is 129 Å². The minimum Gasteiger partial charge on any atom is -0.497 e. The maximum Gasteiger partial charge on any atom is 0.225 e. The zero-order valence-corrected chi connectivity index (χ0v) is 12.4. The molecule has 0 radical (unpaired) electrons. The van der Waals surface area contributed by atoms with Crippen LogP contribution in [0.2, 0.25) is 0 Å². The van der Waals surface area contributed by atoms with E-state index in [2.05, 4.69) is 21.4 Å². The van der Waals surface area contributed by atoms with Crippen LogP contribution in [0.3, 0.4) is 0 Å². The Morgan fingerprint density at radius 3 is 2.82 bits per heavy atom. The van der Waals surface area contributed by atoms with Gasteiger partial charge in [0, 0.05) is 11.9 Å². The van der Waals surface area contributed by atoms with E-state index < -0.39 is 0 Å². The molecule has 2 aromatic carbocycles. The number of ether oxygens (including phenoxy) is 1. The molecule has 0 aliphatic rings. The van der Waals surface area contributed by atoms with Gasteiger partial charge in [-0.2, -0.15) is 4.98 Å². The van der Waals surface area contributed by atoms with E-state index in [9.17, 15) is 0 Å². The lowest BCUT2D eigenvalue weighted by molar-refractivity contribution is 0.414. The van der Waals surface area contributed by atoms with Gasteiger partial charge < -0.3 is 15.8 Å². The molecule has 3 N–H and O–H groups in total. The zero-order chi connectivity index (χ0) is 15.4. The van der Waals surface area contributed by atoms with Crippen LogP contribution in [-0.4, -0.2) is 23.6 Å². The van der Waals surface area contributed by atoms with Crippen LogP contribution in [0.1, 0.15) is 5.56 Å². The van der Waals surface area contributed by atoms with E-state index >= 15 is 0 Å². The molecule has 3 rings (SSSR count). The smallest absolute Gasteiger partial charge is 0.225 e. The summed E-state index contributed by atoms with van der Waals surface area (Å²) in [4.78, 5) is 8.77. The fraction of sp³-hybridized carbons (Fsp3) is 0.176. The summed E-state index contributed by atoms with van der Waals surface area (Å²) in [6, 6.07) is 15.7. The highest BCUT2D eigenvalue weighted by atomic mass is 16.5. The summed E-state index contributed by atoms with van der Waals surface area (Å²) >= 11 is 0. The van der Waals surface area contributed by atoms with E-state index in [4.69, 9.17) is 10.5 Å². The largest absolute Gasteiger partial charge is 0.497 e. The lowest BCUT2D eigenvalue weighted by Crippen LogP contribution is -2.09. The minimum atomic E-state index is 0.495. The van der Waals surface area contributed by atoms with Gasteiger partial charge >= 0.3 is 0 Å². The van der Waals surface area contributed by atoms with Gasteiger partial charge in [-0.05, 0) is 36.2 Å². The fourth-order valence-electron chi connectivity index (χ4n) is 2.33. The molecule has 0 bridgehead atoms. The molecule has 0 atom stereocenters. The maximum atomic E-state index is 5.97. The molecule has 0 fully saturated rings. The predicted molar refractivity (Wildman–Crippen MR) is 89.1 cm³/mol. The molecule has 0 aliphatic heterocycles. The molecule has 0 amide bonds. The molecule has 0 unspecified atom stereocenters. The van der Waals surface area contributed by atoms with Crippen molar-refractivity contribution in [2.24, 2.45) is 0 Å². The van der Waals surface area contributed by atoms with Crippen molar-refractivity contribution in [1.29, 1.82) is 0 Å². The summed E-state index contributed by atoms with van der Waals surface area (Å²) in [7, 11) is 1.67. The fourth-order valence-corrected chi connectivity index (χ4v) is 2.33. The lowest BCUT2D eigenvalue weighted by atomic mass is 10.1. The normalized spacial score (nSPS) is 10.6. The van der Waals surface area contributed by atoms with Crippen molar-refractivity contribution in [3.05, 3.63) is 54.1 Å². The number of nitrogen functional groups attached to an aromatic ring is 1. The van der Waals surface area contributed by atoms with Crippen LogP contribution < -0.4 is 15.8 Å². The van der Waals surface area contributed by atoms with Crippen LogP contribution >= 0.6 is 0 Å². The van der Waals surface area contributed by atoms with Gasteiger partial charge in [0.1, 0.15) is 11.6 Å². The third-order valence-electron chi connectivity index (χ3n) is 3.46. The van der Waals surface area contributed by atoms with Gasteiger partial charge in [0.25, 0.3) is 0 Å². The molecular formula is C17H18N4O. The van der Waals surface area contributed by atoms with E-state index in [1.54, 1.807) is 7.11 Å². The highest BCUT2D eigenvalue weighted by molar-refractivity contribution is 5.88. The summed E-state index contributed by atoms with van der Waals surface area (Å²) < 4.78 is 5.22. The van der Waals surface area contributed by atoms with Gasteiger partial charge in [0.05, 0.1) is 12.6 Å². The second-order valence-electron chi connectivity index (χ2n) is 4.98. The third-order valence-corrected chi connectivity index (χ3v) is 3.46. The number of hydrogen-bond donors (Lipinski definition) is 2. The molecule has 1 aromatic heterocycles. The van der Waals surface area contributed by atoms with Crippen LogP contribution in [-0.2, 0) is 6.42 Å². The maximum absolute atomic E-state index is 5.97. The number of fused-ring (bicyclic) bond motifs is 1. The number of nitrogens with zero attached hydrogens (tertiary/aromatic N) is 2. The number of anilines is 2. The molecule has 3 aromatic rings. The van der Waals surface area contributed by atoms with E-state index in [0.29, 0.717) is 11.8 Å². The second-order valence-corrected chi connectivity index (χ2v) is 4.98.